The van der Waals surface area contributed by atoms with Crippen LogP contribution in [-0.2, 0) is 0 Å². The lowest BCUT2D eigenvalue weighted by molar-refractivity contribution is 0.0641. The molecule has 21 heavy (non-hydrogen) atoms. The number of rotatable bonds is 5. The van der Waals surface area contributed by atoms with Gasteiger partial charge in [-0.2, -0.15) is 0 Å². The Labute approximate surface area is 132 Å². The number of hydrogen-bond acceptors (Lipinski definition) is 2. The number of carbonyl (C=O) groups is 1. The summed E-state index contributed by atoms with van der Waals surface area (Å²) in [6, 6.07) is 7.38. The molecule has 0 saturated carbocycles. The number of carbonyl (C=O) groups excluding carboxylic acids is 1. The molecule has 0 unspecified atom stereocenters. The third-order valence-electron chi connectivity index (χ3n) is 4.32. The van der Waals surface area contributed by atoms with Crippen molar-refractivity contribution in [2.45, 2.75) is 32.7 Å². The third-order valence-corrected chi connectivity index (χ3v) is 4.57. The largest absolute Gasteiger partial charge is 0.337 e. The summed E-state index contributed by atoms with van der Waals surface area (Å²) in [7, 11) is 1.91. The quantitative estimate of drug-likeness (QED) is 0.831. The Hall–Kier alpha value is -1.06. The minimum atomic E-state index is 0.0737. The van der Waals surface area contributed by atoms with Crippen LogP contribution in [0, 0.1) is 5.92 Å². The van der Waals surface area contributed by atoms with Crippen molar-refractivity contribution < 1.29 is 4.79 Å². The zero-order chi connectivity index (χ0) is 15.4. The van der Waals surface area contributed by atoms with Gasteiger partial charge in [0, 0.05) is 30.2 Å². The predicted molar refractivity (Wildman–Crippen MR) is 87.8 cm³/mol. The summed E-state index contributed by atoms with van der Waals surface area (Å²) in [5, 5.41) is 0.659. The summed E-state index contributed by atoms with van der Waals surface area (Å²) in [5.74, 6) is 0.511. The molecule has 1 heterocycles. The van der Waals surface area contributed by atoms with Crippen molar-refractivity contribution in [3.05, 3.63) is 34.9 Å². The summed E-state index contributed by atoms with van der Waals surface area (Å²) < 4.78 is 0. The summed E-state index contributed by atoms with van der Waals surface area (Å²) >= 11 is 5.89. The van der Waals surface area contributed by atoms with E-state index in [0.29, 0.717) is 16.5 Å². The van der Waals surface area contributed by atoms with Crippen LogP contribution in [0.15, 0.2) is 24.3 Å². The molecule has 0 aromatic heterocycles. The van der Waals surface area contributed by atoms with Gasteiger partial charge in [-0.15, -0.1) is 0 Å². The van der Waals surface area contributed by atoms with Crippen molar-refractivity contribution in [3.63, 3.8) is 0 Å². The third kappa shape index (κ3) is 4.21. The van der Waals surface area contributed by atoms with Crippen LogP contribution in [0.4, 0.5) is 0 Å². The standard InChI is InChI=1S/C17H25ClN2O/c1-13(2)16(12-20-10-4-5-11-20)19(3)17(21)14-6-8-15(18)9-7-14/h6-9,13,16H,4-5,10-12H2,1-3H3/t16-/m1/s1. The van der Waals surface area contributed by atoms with Gasteiger partial charge in [0.2, 0.25) is 0 Å². The first-order chi connectivity index (χ1) is 9.99. The van der Waals surface area contributed by atoms with Crippen LogP contribution in [0.2, 0.25) is 5.02 Å². The topological polar surface area (TPSA) is 23.6 Å². The van der Waals surface area contributed by atoms with Crippen LogP contribution in [0.3, 0.4) is 0 Å². The van der Waals surface area contributed by atoms with E-state index in [1.54, 1.807) is 24.3 Å². The van der Waals surface area contributed by atoms with Gasteiger partial charge in [0.25, 0.3) is 5.91 Å². The summed E-state index contributed by atoms with van der Waals surface area (Å²) in [6.45, 7) is 7.66. The van der Waals surface area contributed by atoms with Crippen LogP contribution >= 0.6 is 11.6 Å². The molecule has 1 fully saturated rings. The molecular formula is C17H25ClN2O. The Morgan fingerprint density at radius 3 is 2.33 bits per heavy atom. The van der Waals surface area contributed by atoms with Gasteiger partial charge >= 0.3 is 0 Å². The Morgan fingerprint density at radius 1 is 1.24 bits per heavy atom. The maximum atomic E-state index is 12.6. The van der Waals surface area contributed by atoms with E-state index in [4.69, 9.17) is 11.6 Å². The normalized spacial score (nSPS) is 17.2. The molecule has 1 saturated heterocycles. The van der Waals surface area contributed by atoms with Crippen molar-refractivity contribution in [2.24, 2.45) is 5.92 Å². The molecule has 0 bridgehead atoms. The second-order valence-electron chi connectivity index (χ2n) is 6.24. The average Bonchev–Trinajstić information content (AvgIpc) is 2.97. The summed E-state index contributed by atoms with van der Waals surface area (Å²) in [4.78, 5) is 17.0. The second-order valence-corrected chi connectivity index (χ2v) is 6.68. The van der Waals surface area contributed by atoms with Gasteiger partial charge in [0.1, 0.15) is 0 Å². The summed E-state index contributed by atoms with van der Waals surface area (Å²) in [6.07, 6.45) is 2.55. The molecule has 1 atom stereocenters. The van der Waals surface area contributed by atoms with Crippen LogP contribution in [-0.4, -0.2) is 48.4 Å². The highest BCUT2D eigenvalue weighted by atomic mass is 35.5. The van der Waals surface area contributed by atoms with Crippen LogP contribution in [0.25, 0.3) is 0 Å². The number of likely N-dealkylation sites (N-methyl/N-ethyl adjacent to an activating group) is 1. The molecule has 0 spiro atoms. The highest BCUT2D eigenvalue weighted by Crippen LogP contribution is 2.18. The van der Waals surface area contributed by atoms with Crippen LogP contribution in [0.1, 0.15) is 37.0 Å². The van der Waals surface area contributed by atoms with Gasteiger partial charge in [0.15, 0.2) is 0 Å². The fraction of sp³-hybridized carbons (Fsp3) is 0.588. The monoisotopic (exact) mass is 308 g/mol. The fourth-order valence-electron chi connectivity index (χ4n) is 2.96. The molecule has 1 aliphatic heterocycles. The van der Waals surface area contributed by atoms with Gasteiger partial charge in [-0.25, -0.2) is 0 Å². The van der Waals surface area contributed by atoms with Crippen LogP contribution in [0.5, 0.6) is 0 Å². The maximum absolute atomic E-state index is 12.6. The first kappa shape index (κ1) is 16.3. The highest BCUT2D eigenvalue weighted by molar-refractivity contribution is 6.30. The van der Waals surface area contributed by atoms with E-state index >= 15 is 0 Å². The molecule has 0 N–H and O–H groups in total. The van der Waals surface area contributed by atoms with Crippen molar-refractivity contribution in [1.29, 1.82) is 0 Å². The molecule has 3 nitrogen and oxygen atoms in total. The van der Waals surface area contributed by atoms with Crippen molar-refractivity contribution >= 4 is 17.5 Å². The lowest BCUT2D eigenvalue weighted by Gasteiger charge is -2.34. The van der Waals surface area contributed by atoms with Crippen molar-refractivity contribution in [1.82, 2.24) is 9.80 Å². The molecule has 1 aliphatic rings. The first-order valence-corrected chi connectivity index (χ1v) is 8.12. The highest BCUT2D eigenvalue weighted by Gasteiger charge is 2.27. The number of nitrogens with zero attached hydrogens (tertiary/aromatic N) is 2. The molecule has 0 radical (unpaired) electrons. The maximum Gasteiger partial charge on any atom is 0.253 e. The lowest BCUT2D eigenvalue weighted by Crippen LogP contribution is -2.47. The van der Waals surface area contributed by atoms with Gasteiger partial charge in [-0.3, -0.25) is 4.79 Å². The molecule has 2 rings (SSSR count). The molecule has 1 aromatic carbocycles. The van der Waals surface area contributed by atoms with E-state index in [1.807, 2.05) is 11.9 Å². The van der Waals surface area contributed by atoms with Crippen LogP contribution < -0.4 is 0 Å². The minimum absolute atomic E-state index is 0.0737. The van der Waals surface area contributed by atoms with E-state index in [9.17, 15) is 4.79 Å². The predicted octanol–water partition coefficient (Wildman–Crippen LogP) is 3.53. The number of halogens is 1. The minimum Gasteiger partial charge on any atom is -0.337 e. The second kappa shape index (κ2) is 7.28. The van der Waals surface area contributed by atoms with Crippen molar-refractivity contribution in [3.8, 4) is 0 Å². The first-order valence-electron chi connectivity index (χ1n) is 7.74. The average molecular weight is 309 g/mol. The van der Waals surface area contributed by atoms with Gasteiger partial charge in [0.05, 0.1) is 0 Å². The van der Waals surface area contributed by atoms with E-state index in [-0.39, 0.29) is 11.9 Å². The molecule has 116 valence electrons. The summed E-state index contributed by atoms with van der Waals surface area (Å²) in [5.41, 5.74) is 0.703. The van der Waals surface area contributed by atoms with Gasteiger partial charge in [-0.1, -0.05) is 25.4 Å². The number of amides is 1. The Bertz CT molecular complexity index is 466. The van der Waals surface area contributed by atoms with Crippen molar-refractivity contribution in [2.75, 3.05) is 26.7 Å². The molecule has 1 amide bonds. The Kier molecular flexibility index (Phi) is 5.65. The van der Waals surface area contributed by atoms with E-state index in [0.717, 1.165) is 19.6 Å². The zero-order valence-electron chi connectivity index (χ0n) is 13.2. The fourth-order valence-corrected chi connectivity index (χ4v) is 3.08. The molecule has 1 aromatic rings. The van der Waals surface area contributed by atoms with Gasteiger partial charge in [-0.05, 0) is 56.1 Å². The number of hydrogen-bond donors (Lipinski definition) is 0. The number of benzene rings is 1. The van der Waals surface area contributed by atoms with E-state index < -0.39 is 0 Å². The lowest BCUT2D eigenvalue weighted by atomic mass is 10.0. The Morgan fingerprint density at radius 2 is 1.81 bits per heavy atom. The van der Waals surface area contributed by atoms with E-state index in [1.165, 1.54) is 12.8 Å². The molecule has 0 aliphatic carbocycles. The smallest absolute Gasteiger partial charge is 0.253 e. The van der Waals surface area contributed by atoms with E-state index in [2.05, 4.69) is 18.7 Å². The van der Waals surface area contributed by atoms with Gasteiger partial charge < -0.3 is 9.80 Å². The molecular weight excluding hydrogens is 284 g/mol. The zero-order valence-corrected chi connectivity index (χ0v) is 13.9. The SMILES string of the molecule is CC(C)[C@@H](CN1CCCC1)N(C)C(=O)c1ccc(Cl)cc1. The Balaban J connectivity index is 2.07. The number of likely N-dealkylation sites (tertiary alicyclic amines) is 1. The molecule has 4 heteroatoms.